The smallest absolute Gasteiger partial charge is 0.259 e. The van der Waals surface area contributed by atoms with Crippen molar-refractivity contribution in [2.75, 3.05) is 45.8 Å². The van der Waals surface area contributed by atoms with Crippen LogP contribution in [-0.2, 0) is 4.79 Å². The highest BCUT2D eigenvalue weighted by Crippen LogP contribution is 2.26. The van der Waals surface area contributed by atoms with E-state index in [1.54, 1.807) is 6.92 Å². The summed E-state index contributed by atoms with van der Waals surface area (Å²) in [6.45, 7) is 6.60. The van der Waals surface area contributed by atoms with Gasteiger partial charge in [-0.1, -0.05) is 48.3 Å². The number of benzene rings is 1. The lowest BCUT2D eigenvalue weighted by Crippen LogP contribution is -2.51. The maximum Gasteiger partial charge on any atom is 0.259 e. The average molecular weight is 411 g/mol. The molecule has 7 heteroatoms. The quantitative estimate of drug-likeness (QED) is 0.775. The van der Waals surface area contributed by atoms with E-state index in [9.17, 15) is 9.59 Å². The number of hydrogen-bond donors (Lipinski definition) is 0. The van der Waals surface area contributed by atoms with Gasteiger partial charge in [0.2, 0.25) is 5.91 Å². The van der Waals surface area contributed by atoms with E-state index in [0.717, 1.165) is 31.5 Å². The number of carbonyl (C=O) groups is 2. The molecule has 0 atom stereocenters. The highest BCUT2D eigenvalue weighted by Gasteiger charge is 2.29. The van der Waals surface area contributed by atoms with Crippen LogP contribution >= 0.6 is 0 Å². The molecular weight excluding hydrogens is 380 g/mol. The Morgan fingerprint density at radius 1 is 0.900 bits per heavy atom. The third-order valence-electron chi connectivity index (χ3n) is 6.10. The van der Waals surface area contributed by atoms with E-state index in [0.29, 0.717) is 49.7 Å². The van der Waals surface area contributed by atoms with Crippen molar-refractivity contribution in [3.8, 4) is 11.3 Å². The summed E-state index contributed by atoms with van der Waals surface area (Å²) in [4.78, 5) is 31.9. The lowest BCUT2D eigenvalue weighted by atomic mass is 10.0. The summed E-state index contributed by atoms with van der Waals surface area (Å²) in [5, 5.41) is 4.13. The van der Waals surface area contributed by atoms with Gasteiger partial charge in [-0.2, -0.15) is 0 Å². The zero-order chi connectivity index (χ0) is 20.9. The first-order chi connectivity index (χ1) is 14.6. The molecule has 0 radical (unpaired) electrons. The van der Waals surface area contributed by atoms with Crippen molar-refractivity contribution >= 4 is 11.8 Å². The molecular formula is C23H30N4O3. The van der Waals surface area contributed by atoms with Crippen molar-refractivity contribution in [2.24, 2.45) is 0 Å². The van der Waals surface area contributed by atoms with Crippen molar-refractivity contribution in [3.63, 3.8) is 0 Å². The van der Waals surface area contributed by atoms with Crippen LogP contribution in [0.25, 0.3) is 11.3 Å². The topological polar surface area (TPSA) is 69.9 Å². The summed E-state index contributed by atoms with van der Waals surface area (Å²) in [6.07, 6.45) is 4.65. The van der Waals surface area contributed by atoms with Gasteiger partial charge in [0, 0.05) is 44.8 Å². The van der Waals surface area contributed by atoms with Gasteiger partial charge >= 0.3 is 0 Å². The minimum Gasteiger partial charge on any atom is -0.360 e. The Kier molecular flexibility index (Phi) is 6.47. The Morgan fingerprint density at radius 2 is 1.57 bits per heavy atom. The van der Waals surface area contributed by atoms with Gasteiger partial charge in [-0.25, -0.2) is 0 Å². The predicted octanol–water partition coefficient (Wildman–Crippen LogP) is 2.81. The first kappa shape index (κ1) is 20.6. The van der Waals surface area contributed by atoms with Gasteiger partial charge in [-0.3, -0.25) is 14.5 Å². The van der Waals surface area contributed by atoms with Gasteiger partial charge in [-0.15, -0.1) is 0 Å². The molecule has 2 aromatic rings. The fourth-order valence-electron chi connectivity index (χ4n) is 4.30. The Hall–Kier alpha value is -2.67. The van der Waals surface area contributed by atoms with Gasteiger partial charge in [0.1, 0.15) is 17.0 Å². The number of amides is 2. The monoisotopic (exact) mass is 410 g/mol. The average Bonchev–Trinajstić information content (AvgIpc) is 2.97. The molecule has 1 aromatic heterocycles. The normalized spacial score (nSPS) is 18.3. The fourth-order valence-corrected chi connectivity index (χ4v) is 4.30. The summed E-state index contributed by atoms with van der Waals surface area (Å²) in [5.41, 5.74) is 2.01. The number of carbonyl (C=O) groups excluding carboxylic acids is 2. The Labute approximate surface area is 177 Å². The number of likely N-dealkylation sites (tertiary alicyclic amines) is 1. The Bertz CT molecular complexity index is 864. The van der Waals surface area contributed by atoms with E-state index in [4.69, 9.17) is 4.52 Å². The second-order valence-corrected chi connectivity index (χ2v) is 8.19. The van der Waals surface area contributed by atoms with Crippen LogP contribution < -0.4 is 0 Å². The van der Waals surface area contributed by atoms with E-state index in [-0.39, 0.29) is 11.8 Å². The van der Waals surface area contributed by atoms with Gasteiger partial charge in [0.15, 0.2) is 0 Å². The van der Waals surface area contributed by atoms with Gasteiger partial charge in [0.05, 0.1) is 6.54 Å². The number of rotatable bonds is 4. The van der Waals surface area contributed by atoms with Crippen molar-refractivity contribution in [2.45, 2.75) is 32.6 Å². The molecule has 1 aromatic carbocycles. The third-order valence-corrected chi connectivity index (χ3v) is 6.10. The molecule has 2 aliphatic rings. The van der Waals surface area contributed by atoms with Crippen LogP contribution in [0.2, 0.25) is 0 Å². The second kappa shape index (κ2) is 9.43. The molecule has 2 saturated heterocycles. The fraction of sp³-hybridized carbons (Fsp3) is 0.522. The first-order valence-corrected chi connectivity index (χ1v) is 10.9. The third kappa shape index (κ3) is 4.56. The van der Waals surface area contributed by atoms with E-state index >= 15 is 0 Å². The molecule has 2 amide bonds. The van der Waals surface area contributed by atoms with Gasteiger partial charge in [0.25, 0.3) is 5.91 Å². The van der Waals surface area contributed by atoms with Crippen LogP contribution in [0.5, 0.6) is 0 Å². The van der Waals surface area contributed by atoms with Crippen LogP contribution in [0, 0.1) is 6.92 Å². The summed E-state index contributed by atoms with van der Waals surface area (Å²) in [5.74, 6) is 0.710. The zero-order valence-electron chi connectivity index (χ0n) is 17.7. The lowest BCUT2D eigenvalue weighted by Gasteiger charge is -2.35. The van der Waals surface area contributed by atoms with Crippen molar-refractivity contribution in [1.29, 1.82) is 0 Å². The highest BCUT2D eigenvalue weighted by molar-refractivity contribution is 6.00. The van der Waals surface area contributed by atoms with Crippen LogP contribution in [0.3, 0.4) is 0 Å². The van der Waals surface area contributed by atoms with Gasteiger partial charge in [-0.05, 0) is 19.8 Å². The summed E-state index contributed by atoms with van der Waals surface area (Å²) in [7, 11) is 0. The standard InChI is InChI=1S/C23H30N4O3/c1-18-21(22(24-30-18)19-9-5-4-6-10-19)23(29)27-15-13-25(14-16-27)17-20(28)26-11-7-2-3-8-12-26/h4-6,9-10H,2-3,7-8,11-17H2,1H3. The van der Waals surface area contributed by atoms with Crippen molar-refractivity contribution < 1.29 is 14.1 Å². The molecule has 0 unspecified atom stereocenters. The maximum absolute atomic E-state index is 13.2. The van der Waals surface area contributed by atoms with Crippen LogP contribution in [-0.4, -0.2) is 77.5 Å². The molecule has 2 aliphatic heterocycles. The minimum atomic E-state index is -0.0499. The minimum absolute atomic E-state index is 0.0499. The molecule has 0 bridgehead atoms. The Balaban J connectivity index is 1.36. The van der Waals surface area contributed by atoms with Crippen LogP contribution in [0.15, 0.2) is 34.9 Å². The summed E-state index contributed by atoms with van der Waals surface area (Å²) in [6, 6.07) is 9.65. The summed E-state index contributed by atoms with van der Waals surface area (Å²) < 4.78 is 5.36. The van der Waals surface area contributed by atoms with Crippen molar-refractivity contribution in [1.82, 2.24) is 19.9 Å². The number of hydrogen-bond acceptors (Lipinski definition) is 5. The zero-order valence-corrected chi connectivity index (χ0v) is 17.7. The van der Waals surface area contributed by atoms with Crippen molar-refractivity contribution in [3.05, 3.63) is 41.7 Å². The van der Waals surface area contributed by atoms with E-state index in [1.807, 2.05) is 40.1 Å². The van der Waals surface area contributed by atoms with E-state index in [2.05, 4.69) is 10.1 Å². The Morgan fingerprint density at radius 3 is 2.23 bits per heavy atom. The first-order valence-electron chi connectivity index (χ1n) is 10.9. The molecule has 2 fully saturated rings. The molecule has 0 saturated carbocycles. The van der Waals surface area contributed by atoms with Crippen LogP contribution in [0.1, 0.15) is 41.8 Å². The second-order valence-electron chi connectivity index (χ2n) is 8.19. The predicted molar refractivity (Wildman–Crippen MR) is 114 cm³/mol. The maximum atomic E-state index is 13.2. The number of aryl methyl sites for hydroxylation is 1. The van der Waals surface area contributed by atoms with Gasteiger partial charge < -0.3 is 14.3 Å². The number of piperazine rings is 1. The SMILES string of the molecule is Cc1onc(-c2ccccc2)c1C(=O)N1CCN(CC(=O)N2CCCCCC2)CC1. The molecule has 0 N–H and O–H groups in total. The molecule has 30 heavy (non-hydrogen) atoms. The molecule has 4 rings (SSSR count). The number of aromatic nitrogens is 1. The summed E-state index contributed by atoms with van der Waals surface area (Å²) >= 11 is 0. The van der Waals surface area contributed by atoms with Crippen LogP contribution in [0.4, 0.5) is 0 Å². The number of nitrogens with zero attached hydrogens (tertiary/aromatic N) is 4. The van der Waals surface area contributed by atoms with E-state index < -0.39 is 0 Å². The lowest BCUT2D eigenvalue weighted by molar-refractivity contribution is -0.132. The largest absolute Gasteiger partial charge is 0.360 e. The molecule has 7 nitrogen and oxygen atoms in total. The molecule has 0 spiro atoms. The highest BCUT2D eigenvalue weighted by atomic mass is 16.5. The van der Waals surface area contributed by atoms with E-state index in [1.165, 1.54) is 12.8 Å². The molecule has 160 valence electrons. The molecule has 0 aliphatic carbocycles. The molecule has 3 heterocycles.